The van der Waals surface area contributed by atoms with E-state index < -0.39 is 0 Å². The second-order valence-corrected chi connectivity index (χ2v) is 2.46. The third kappa shape index (κ3) is 1.72. The van der Waals surface area contributed by atoms with Crippen LogP contribution in [0.3, 0.4) is 0 Å². The summed E-state index contributed by atoms with van der Waals surface area (Å²) in [4.78, 5) is 10.7. The number of carbonyl (C=O) groups excluding carboxylic acids is 1. The van der Waals surface area contributed by atoms with Crippen molar-refractivity contribution in [3.05, 3.63) is 17.7 Å². The molecule has 0 unspecified atom stereocenters. The molecule has 0 heterocycles. The lowest BCUT2D eigenvalue weighted by molar-refractivity contribution is 0.111. The standard InChI is InChI=1S/C9H11NO3/c1-12-8-3-6(10)4-9(13-2)7(8)5-11/h3-5H,10H2,1-2H3. The Morgan fingerprint density at radius 2 is 1.69 bits per heavy atom. The third-order valence-corrected chi connectivity index (χ3v) is 1.68. The predicted molar refractivity (Wildman–Crippen MR) is 49.3 cm³/mol. The van der Waals surface area contributed by atoms with Crippen molar-refractivity contribution in [3.8, 4) is 11.5 Å². The Bertz CT molecular complexity index is 298. The number of carbonyl (C=O) groups is 1. The zero-order valence-electron chi connectivity index (χ0n) is 7.53. The van der Waals surface area contributed by atoms with E-state index in [2.05, 4.69) is 0 Å². The van der Waals surface area contributed by atoms with E-state index in [9.17, 15) is 4.79 Å². The second kappa shape index (κ2) is 3.80. The van der Waals surface area contributed by atoms with Crippen LogP contribution in [0, 0.1) is 0 Å². The van der Waals surface area contributed by atoms with Gasteiger partial charge in [0.2, 0.25) is 0 Å². The number of nitrogens with two attached hydrogens (primary N) is 1. The van der Waals surface area contributed by atoms with Crippen molar-refractivity contribution in [3.63, 3.8) is 0 Å². The van der Waals surface area contributed by atoms with Gasteiger partial charge in [0.1, 0.15) is 11.5 Å². The molecule has 13 heavy (non-hydrogen) atoms. The van der Waals surface area contributed by atoms with Gasteiger partial charge in [-0.2, -0.15) is 0 Å². The Morgan fingerprint density at radius 1 is 1.23 bits per heavy atom. The number of rotatable bonds is 3. The molecule has 70 valence electrons. The molecule has 0 atom stereocenters. The smallest absolute Gasteiger partial charge is 0.157 e. The van der Waals surface area contributed by atoms with Crippen molar-refractivity contribution >= 4 is 12.0 Å². The summed E-state index contributed by atoms with van der Waals surface area (Å²) in [5.41, 5.74) is 6.43. The monoisotopic (exact) mass is 181 g/mol. The lowest BCUT2D eigenvalue weighted by Gasteiger charge is -2.09. The van der Waals surface area contributed by atoms with Crippen molar-refractivity contribution in [2.75, 3.05) is 20.0 Å². The van der Waals surface area contributed by atoms with Crippen molar-refractivity contribution < 1.29 is 14.3 Å². The summed E-state index contributed by atoms with van der Waals surface area (Å²) in [5, 5.41) is 0. The zero-order valence-corrected chi connectivity index (χ0v) is 7.53. The van der Waals surface area contributed by atoms with Gasteiger partial charge in [0, 0.05) is 17.8 Å². The summed E-state index contributed by atoms with van der Waals surface area (Å²) in [6, 6.07) is 3.15. The number of hydrogen-bond acceptors (Lipinski definition) is 4. The van der Waals surface area contributed by atoms with Gasteiger partial charge in [0.15, 0.2) is 6.29 Å². The Hall–Kier alpha value is -1.71. The summed E-state index contributed by atoms with van der Waals surface area (Å²) < 4.78 is 9.94. The molecule has 0 radical (unpaired) electrons. The maximum Gasteiger partial charge on any atom is 0.157 e. The molecule has 0 fully saturated rings. The molecule has 4 nitrogen and oxygen atoms in total. The molecule has 0 spiro atoms. The maximum absolute atomic E-state index is 10.7. The Morgan fingerprint density at radius 3 is 2.00 bits per heavy atom. The van der Waals surface area contributed by atoms with E-state index >= 15 is 0 Å². The van der Waals surface area contributed by atoms with Crippen LogP contribution in [0.2, 0.25) is 0 Å². The average Bonchev–Trinajstić information content (AvgIpc) is 2.16. The van der Waals surface area contributed by atoms with Gasteiger partial charge in [-0.1, -0.05) is 0 Å². The molecule has 1 aromatic carbocycles. The molecule has 0 amide bonds. The van der Waals surface area contributed by atoms with Crippen LogP contribution in [0.15, 0.2) is 12.1 Å². The highest BCUT2D eigenvalue weighted by Crippen LogP contribution is 2.29. The zero-order chi connectivity index (χ0) is 9.84. The highest BCUT2D eigenvalue weighted by Gasteiger charge is 2.09. The van der Waals surface area contributed by atoms with Crippen molar-refractivity contribution in [1.29, 1.82) is 0 Å². The highest BCUT2D eigenvalue weighted by atomic mass is 16.5. The van der Waals surface area contributed by atoms with Gasteiger partial charge in [-0.05, 0) is 0 Å². The van der Waals surface area contributed by atoms with E-state index in [0.717, 1.165) is 0 Å². The normalized spacial score (nSPS) is 9.38. The minimum atomic E-state index is 0.374. The van der Waals surface area contributed by atoms with Crippen LogP contribution in [0.4, 0.5) is 5.69 Å². The van der Waals surface area contributed by atoms with Gasteiger partial charge in [0.05, 0.1) is 19.8 Å². The third-order valence-electron chi connectivity index (χ3n) is 1.68. The van der Waals surface area contributed by atoms with Gasteiger partial charge in [0.25, 0.3) is 0 Å². The summed E-state index contributed by atoms with van der Waals surface area (Å²) >= 11 is 0. The topological polar surface area (TPSA) is 61.6 Å². The van der Waals surface area contributed by atoms with E-state index in [4.69, 9.17) is 15.2 Å². The largest absolute Gasteiger partial charge is 0.496 e. The minimum absolute atomic E-state index is 0.374. The van der Waals surface area contributed by atoms with E-state index in [-0.39, 0.29) is 0 Å². The van der Waals surface area contributed by atoms with Gasteiger partial charge >= 0.3 is 0 Å². The quantitative estimate of drug-likeness (QED) is 0.560. The molecular formula is C9H11NO3. The molecule has 4 heteroatoms. The maximum atomic E-state index is 10.7. The van der Waals surface area contributed by atoms with Gasteiger partial charge in [-0.25, -0.2) is 0 Å². The van der Waals surface area contributed by atoms with Crippen LogP contribution in [0.25, 0.3) is 0 Å². The van der Waals surface area contributed by atoms with E-state index in [1.807, 2.05) is 0 Å². The molecular weight excluding hydrogens is 170 g/mol. The van der Waals surface area contributed by atoms with Gasteiger partial charge in [-0.3, -0.25) is 4.79 Å². The average molecular weight is 181 g/mol. The van der Waals surface area contributed by atoms with Crippen molar-refractivity contribution in [2.45, 2.75) is 0 Å². The van der Waals surface area contributed by atoms with E-state index in [1.165, 1.54) is 14.2 Å². The number of benzene rings is 1. The lowest BCUT2D eigenvalue weighted by atomic mass is 10.2. The van der Waals surface area contributed by atoms with Crippen LogP contribution in [-0.2, 0) is 0 Å². The van der Waals surface area contributed by atoms with Gasteiger partial charge < -0.3 is 15.2 Å². The molecule has 0 aliphatic rings. The summed E-state index contributed by atoms with van der Waals surface area (Å²) in [6.45, 7) is 0. The molecule has 0 aromatic heterocycles. The summed E-state index contributed by atoms with van der Waals surface area (Å²) in [5.74, 6) is 0.846. The Labute approximate surface area is 76.3 Å². The van der Waals surface area contributed by atoms with E-state index in [0.29, 0.717) is 29.0 Å². The molecule has 0 saturated heterocycles. The van der Waals surface area contributed by atoms with Gasteiger partial charge in [-0.15, -0.1) is 0 Å². The highest BCUT2D eigenvalue weighted by molar-refractivity contribution is 5.85. The number of methoxy groups -OCH3 is 2. The second-order valence-electron chi connectivity index (χ2n) is 2.46. The SMILES string of the molecule is COc1cc(N)cc(OC)c1C=O. The van der Waals surface area contributed by atoms with Crippen LogP contribution in [-0.4, -0.2) is 20.5 Å². The van der Waals surface area contributed by atoms with Crippen molar-refractivity contribution in [2.24, 2.45) is 0 Å². The molecule has 0 bridgehead atoms. The van der Waals surface area contributed by atoms with Crippen LogP contribution in [0.1, 0.15) is 10.4 Å². The Kier molecular flexibility index (Phi) is 2.74. The number of aldehydes is 1. The fourth-order valence-electron chi connectivity index (χ4n) is 1.08. The molecule has 2 N–H and O–H groups in total. The van der Waals surface area contributed by atoms with Crippen LogP contribution >= 0.6 is 0 Å². The fraction of sp³-hybridized carbons (Fsp3) is 0.222. The summed E-state index contributed by atoms with van der Waals surface area (Å²) in [6.07, 6.45) is 0.678. The molecule has 1 rings (SSSR count). The predicted octanol–water partition coefficient (Wildman–Crippen LogP) is 1.10. The molecule has 0 saturated carbocycles. The Balaban J connectivity index is 3.33. The number of nitrogen functional groups attached to an aromatic ring is 1. The number of anilines is 1. The first-order chi connectivity index (χ1) is 6.22. The van der Waals surface area contributed by atoms with Crippen LogP contribution < -0.4 is 15.2 Å². The van der Waals surface area contributed by atoms with Crippen LogP contribution in [0.5, 0.6) is 11.5 Å². The first-order valence-electron chi connectivity index (χ1n) is 3.69. The first-order valence-corrected chi connectivity index (χ1v) is 3.69. The lowest BCUT2D eigenvalue weighted by Crippen LogP contribution is -1.97. The number of ether oxygens (including phenoxy) is 2. The molecule has 0 aliphatic heterocycles. The minimum Gasteiger partial charge on any atom is -0.496 e. The molecule has 0 aliphatic carbocycles. The van der Waals surface area contributed by atoms with E-state index in [1.54, 1.807) is 12.1 Å². The van der Waals surface area contributed by atoms with Crippen molar-refractivity contribution in [1.82, 2.24) is 0 Å². The summed E-state index contributed by atoms with van der Waals surface area (Å²) in [7, 11) is 2.95. The molecule has 1 aromatic rings. The number of hydrogen-bond donors (Lipinski definition) is 1. The fourth-order valence-corrected chi connectivity index (χ4v) is 1.08. The first kappa shape index (κ1) is 9.38.